The van der Waals surface area contributed by atoms with Gasteiger partial charge in [-0.2, -0.15) is 0 Å². The molecule has 3 aromatic rings. The Kier molecular flexibility index (Phi) is 6.36. The van der Waals surface area contributed by atoms with Gasteiger partial charge >= 0.3 is 11.9 Å². The summed E-state index contributed by atoms with van der Waals surface area (Å²) in [6.45, 7) is 0.345. The van der Waals surface area contributed by atoms with Crippen molar-refractivity contribution in [1.29, 1.82) is 0 Å². The number of rotatable bonds is 7. The van der Waals surface area contributed by atoms with E-state index in [9.17, 15) is 14.0 Å². The fourth-order valence-electron chi connectivity index (χ4n) is 2.30. The summed E-state index contributed by atoms with van der Waals surface area (Å²) >= 11 is 0. The van der Waals surface area contributed by atoms with Gasteiger partial charge in [-0.1, -0.05) is 18.2 Å². The average Bonchev–Trinajstić information content (AvgIpc) is 2.73. The summed E-state index contributed by atoms with van der Waals surface area (Å²) in [5, 5.41) is 0. The topological polar surface area (TPSA) is 61.8 Å². The van der Waals surface area contributed by atoms with E-state index in [0.717, 1.165) is 0 Å². The molecule has 0 heterocycles. The van der Waals surface area contributed by atoms with Gasteiger partial charge in [-0.15, -0.1) is 0 Å². The predicted octanol–water partition coefficient (Wildman–Crippen LogP) is 4.28. The summed E-state index contributed by atoms with van der Waals surface area (Å²) in [5.41, 5.74) is 0.546. The zero-order chi connectivity index (χ0) is 19.8. The number of halogens is 1. The number of carbonyl (C=O) groups is 2. The van der Waals surface area contributed by atoms with Crippen LogP contribution in [0.4, 0.5) is 4.39 Å². The van der Waals surface area contributed by atoms with Crippen LogP contribution in [-0.4, -0.2) is 25.2 Å². The van der Waals surface area contributed by atoms with E-state index in [1.807, 2.05) is 30.3 Å². The third-order valence-electron chi connectivity index (χ3n) is 3.71. The molecular formula is C22H17FO5. The Hall–Kier alpha value is -3.67. The molecule has 28 heavy (non-hydrogen) atoms. The molecule has 0 aliphatic carbocycles. The number of esters is 2. The van der Waals surface area contributed by atoms with Gasteiger partial charge in [-0.3, -0.25) is 0 Å². The zero-order valence-electron chi connectivity index (χ0n) is 14.8. The SMILES string of the molecule is O=C(OCCOc1ccccc1)c1ccc(OC(=O)c2ccc(F)cc2)cc1. The standard InChI is InChI=1S/C22H17FO5/c23-18-10-6-17(7-11-18)22(25)28-20-12-8-16(9-13-20)21(24)27-15-14-26-19-4-2-1-3-5-19/h1-13H,14-15H2. The van der Waals surface area contributed by atoms with Gasteiger partial charge in [0, 0.05) is 0 Å². The Labute approximate surface area is 161 Å². The molecule has 0 bridgehead atoms. The fraction of sp³-hybridized carbons (Fsp3) is 0.0909. The van der Waals surface area contributed by atoms with Gasteiger partial charge < -0.3 is 14.2 Å². The van der Waals surface area contributed by atoms with E-state index in [1.165, 1.54) is 48.5 Å². The largest absolute Gasteiger partial charge is 0.490 e. The van der Waals surface area contributed by atoms with Crippen molar-refractivity contribution in [2.75, 3.05) is 13.2 Å². The van der Waals surface area contributed by atoms with Crippen LogP contribution in [-0.2, 0) is 4.74 Å². The highest BCUT2D eigenvalue weighted by Gasteiger charge is 2.11. The number of benzene rings is 3. The molecule has 3 rings (SSSR count). The van der Waals surface area contributed by atoms with Crippen molar-refractivity contribution in [3.05, 3.63) is 95.8 Å². The summed E-state index contributed by atoms with van der Waals surface area (Å²) in [6, 6.07) is 20.2. The lowest BCUT2D eigenvalue weighted by Crippen LogP contribution is -2.12. The lowest BCUT2D eigenvalue weighted by atomic mass is 10.2. The van der Waals surface area contributed by atoms with E-state index in [4.69, 9.17) is 14.2 Å². The first-order valence-corrected chi connectivity index (χ1v) is 8.54. The average molecular weight is 380 g/mol. The number of para-hydroxylation sites is 1. The second-order valence-electron chi connectivity index (χ2n) is 5.72. The van der Waals surface area contributed by atoms with Gasteiger partial charge in [0.2, 0.25) is 0 Å². The molecule has 6 heteroatoms. The van der Waals surface area contributed by atoms with E-state index < -0.39 is 17.8 Å². The second-order valence-corrected chi connectivity index (χ2v) is 5.72. The molecular weight excluding hydrogens is 363 g/mol. The molecule has 5 nitrogen and oxygen atoms in total. The Balaban J connectivity index is 1.47. The van der Waals surface area contributed by atoms with Crippen molar-refractivity contribution < 1.29 is 28.2 Å². The fourth-order valence-corrected chi connectivity index (χ4v) is 2.30. The summed E-state index contributed by atoms with van der Waals surface area (Å²) in [4.78, 5) is 24.0. The molecule has 142 valence electrons. The minimum Gasteiger partial charge on any atom is -0.490 e. The molecule has 0 aromatic heterocycles. The van der Waals surface area contributed by atoms with Gasteiger partial charge in [-0.05, 0) is 60.7 Å². The van der Waals surface area contributed by atoms with Crippen molar-refractivity contribution in [3.63, 3.8) is 0 Å². The van der Waals surface area contributed by atoms with Crippen molar-refractivity contribution in [2.24, 2.45) is 0 Å². The van der Waals surface area contributed by atoms with Crippen LogP contribution in [0.5, 0.6) is 11.5 Å². The second kappa shape index (κ2) is 9.32. The van der Waals surface area contributed by atoms with Crippen LogP contribution in [0.3, 0.4) is 0 Å². The Bertz CT molecular complexity index is 921. The number of hydrogen-bond acceptors (Lipinski definition) is 5. The maximum Gasteiger partial charge on any atom is 0.343 e. The smallest absolute Gasteiger partial charge is 0.343 e. The third kappa shape index (κ3) is 5.41. The normalized spacial score (nSPS) is 10.2. The molecule has 0 saturated heterocycles. The van der Waals surface area contributed by atoms with Gasteiger partial charge in [0.05, 0.1) is 11.1 Å². The molecule has 0 amide bonds. The molecule has 0 unspecified atom stereocenters. The molecule has 0 aliphatic heterocycles. The highest BCUT2D eigenvalue weighted by molar-refractivity contribution is 5.92. The van der Waals surface area contributed by atoms with E-state index in [1.54, 1.807) is 0 Å². The summed E-state index contributed by atoms with van der Waals surface area (Å²) in [6.07, 6.45) is 0. The summed E-state index contributed by atoms with van der Waals surface area (Å²) in [5.74, 6) is -0.598. The van der Waals surface area contributed by atoms with E-state index >= 15 is 0 Å². The van der Waals surface area contributed by atoms with Crippen LogP contribution in [0.25, 0.3) is 0 Å². The monoisotopic (exact) mass is 380 g/mol. The van der Waals surface area contributed by atoms with Gasteiger partial charge in [-0.25, -0.2) is 14.0 Å². The maximum absolute atomic E-state index is 12.9. The molecule has 0 N–H and O–H groups in total. The molecule has 0 spiro atoms. The van der Waals surface area contributed by atoms with Crippen LogP contribution in [0, 0.1) is 5.82 Å². The highest BCUT2D eigenvalue weighted by Crippen LogP contribution is 2.15. The van der Waals surface area contributed by atoms with Crippen molar-refractivity contribution in [3.8, 4) is 11.5 Å². The van der Waals surface area contributed by atoms with E-state index in [-0.39, 0.29) is 24.5 Å². The molecule has 0 saturated carbocycles. The van der Waals surface area contributed by atoms with Crippen molar-refractivity contribution in [1.82, 2.24) is 0 Å². The summed E-state index contributed by atoms with van der Waals surface area (Å²) < 4.78 is 28.7. The van der Waals surface area contributed by atoms with Crippen LogP contribution in [0.15, 0.2) is 78.9 Å². The van der Waals surface area contributed by atoms with Gasteiger partial charge in [0.15, 0.2) is 0 Å². The molecule has 0 fully saturated rings. The first-order valence-electron chi connectivity index (χ1n) is 8.54. The van der Waals surface area contributed by atoms with E-state index in [2.05, 4.69) is 0 Å². The van der Waals surface area contributed by atoms with Gasteiger partial charge in [0.25, 0.3) is 0 Å². The maximum atomic E-state index is 12.9. The van der Waals surface area contributed by atoms with Crippen LogP contribution in [0.1, 0.15) is 20.7 Å². The molecule has 3 aromatic carbocycles. The Morgan fingerprint density at radius 2 is 1.29 bits per heavy atom. The van der Waals surface area contributed by atoms with Crippen LogP contribution < -0.4 is 9.47 Å². The first kappa shape index (κ1) is 19.1. The Morgan fingerprint density at radius 3 is 1.96 bits per heavy atom. The number of carbonyl (C=O) groups excluding carboxylic acids is 2. The number of hydrogen-bond donors (Lipinski definition) is 0. The highest BCUT2D eigenvalue weighted by atomic mass is 19.1. The van der Waals surface area contributed by atoms with Gasteiger partial charge in [0.1, 0.15) is 30.5 Å². The molecule has 0 aliphatic rings. The van der Waals surface area contributed by atoms with Crippen molar-refractivity contribution >= 4 is 11.9 Å². The zero-order valence-corrected chi connectivity index (χ0v) is 14.8. The van der Waals surface area contributed by atoms with E-state index in [0.29, 0.717) is 11.3 Å². The Morgan fingerprint density at radius 1 is 0.679 bits per heavy atom. The third-order valence-corrected chi connectivity index (χ3v) is 3.71. The number of ether oxygens (including phenoxy) is 3. The predicted molar refractivity (Wildman–Crippen MR) is 100 cm³/mol. The quantitative estimate of drug-likeness (QED) is 0.348. The molecule has 0 radical (unpaired) electrons. The summed E-state index contributed by atoms with van der Waals surface area (Å²) in [7, 11) is 0. The van der Waals surface area contributed by atoms with Crippen LogP contribution in [0.2, 0.25) is 0 Å². The lowest BCUT2D eigenvalue weighted by molar-refractivity contribution is 0.0450. The molecule has 0 atom stereocenters. The minimum atomic E-state index is -0.617. The minimum absolute atomic E-state index is 0.106. The van der Waals surface area contributed by atoms with Crippen LogP contribution >= 0.6 is 0 Å². The lowest BCUT2D eigenvalue weighted by Gasteiger charge is -2.08. The first-order chi connectivity index (χ1) is 13.6. The van der Waals surface area contributed by atoms with Crippen molar-refractivity contribution in [2.45, 2.75) is 0 Å².